The number of benzene rings is 3. The lowest BCUT2D eigenvalue weighted by molar-refractivity contribution is -0.121. The first-order valence-corrected chi connectivity index (χ1v) is 11.1. The number of ether oxygens (including phenoxy) is 2. The number of amides is 1. The molecule has 8 heteroatoms. The van der Waals surface area contributed by atoms with Crippen LogP contribution in [0, 0.1) is 5.82 Å². The van der Waals surface area contributed by atoms with Gasteiger partial charge < -0.3 is 14.8 Å². The molecule has 1 N–H and O–H groups in total. The first-order valence-electron chi connectivity index (χ1n) is 11.1. The van der Waals surface area contributed by atoms with E-state index in [2.05, 4.69) is 10.4 Å². The van der Waals surface area contributed by atoms with E-state index in [4.69, 9.17) is 9.47 Å². The van der Waals surface area contributed by atoms with E-state index in [0.29, 0.717) is 29.2 Å². The van der Waals surface area contributed by atoms with Crippen LogP contribution in [0.5, 0.6) is 0 Å². The van der Waals surface area contributed by atoms with Crippen LogP contribution in [0.25, 0.3) is 16.9 Å². The predicted molar refractivity (Wildman–Crippen MR) is 130 cm³/mol. The summed E-state index contributed by atoms with van der Waals surface area (Å²) in [5.41, 5.74) is 3.50. The molecule has 0 fully saturated rings. The van der Waals surface area contributed by atoms with E-state index in [0.717, 1.165) is 5.56 Å². The number of carbonyl (C=O) groups is 2. The Bertz CT molecular complexity index is 1300. The van der Waals surface area contributed by atoms with Crippen LogP contribution in [-0.2, 0) is 20.9 Å². The molecule has 4 rings (SSSR count). The van der Waals surface area contributed by atoms with Crippen LogP contribution in [0.4, 0.5) is 10.1 Å². The molecule has 0 unspecified atom stereocenters. The molecule has 7 nitrogen and oxygen atoms in total. The van der Waals surface area contributed by atoms with Crippen LogP contribution in [-0.4, -0.2) is 34.9 Å². The normalized spacial score (nSPS) is 10.7. The molecule has 4 aromatic rings. The Morgan fingerprint density at radius 3 is 2.49 bits per heavy atom. The summed E-state index contributed by atoms with van der Waals surface area (Å²) in [6.07, 6.45) is 0. The third-order valence-electron chi connectivity index (χ3n) is 5.05. The van der Waals surface area contributed by atoms with E-state index >= 15 is 0 Å². The Hall–Kier alpha value is -4.30. The van der Waals surface area contributed by atoms with Crippen molar-refractivity contribution >= 4 is 17.6 Å². The molecule has 0 aliphatic heterocycles. The van der Waals surface area contributed by atoms with E-state index in [1.807, 2.05) is 36.4 Å². The van der Waals surface area contributed by atoms with Crippen LogP contribution in [0.15, 0.2) is 84.9 Å². The lowest BCUT2D eigenvalue weighted by Gasteiger charge is -2.10. The van der Waals surface area contributed by atoms with Crippen molar-refractivity contribution < 1.29 is 23.5 Å². The fourth-order valence-corrected chi connectivity index (χ4v) is 3.46. The first-order chi connectivity index (χ1) is 17.0. The molecule has 1 amide bonds. The maximum atomic E-state index is 13.5. The van der Waals surface area contributed by atoms with Crippen molar-refractivity contribution in [2.24, 2.45) is 0 Å². The van der Waals surface area contributed by atoms with Crippen molar-refractivity contribution in [3.63, 3.8) is 0 Å². The number of hydrogen-bond acceptors (Lipinski definition) is 5. The highest BCUT2D eigenvalue weighted by molar-refractivity contribution is 5.93. The Kier molecular flexibility index (Phi) is 7.64. The van der Waals surface area contributed by atoms with Gasteiger partial charge in [-0.25, -0.2) is 13.9 Å². The molecule has 0 spiro atoms. The maximum absolute atomic E-state index is 13.5. The minimum Gasteiger partial charge on any atom is -0.461 e. The van der Waals surface area contributed by atoms with Gasteiger partial charge in [-0.1, -0.05) is 42.5 Å². The smallest absolute Gasteiger partial charge is 0.358 e. The summed E-state index contributed by atoms with van der Waals surface area (Å²) in [6, 6.07) is 24.1. The summed E-state index contributed by atoms with van der Waals surface area (Å²) < 4.78 is 25.6. The highest BCUT2D eigenvalue weighted by atomic mass is 19.1. The summed E-state index contributed by atoms with van der Waals surface area (Å²) in [5.74, 6) is -1.24. The zero-order chi connectivity index (χ0) is 24.6. The summed E-state index contributed by atoms with van der Waals surface area (Å²) in [4.78, 5) is 24.7. The van der Waals surface area contributed by atoms with Crippen molar-refractivity contribution in [2.75, 3.05) is 18.5 Å². The number of nitrogens with one attached hydrogen (secondary N) is 1. The van der Waals surface area contributed by atoms with E-state index in [1.54, 1.807) is 43.3 Å². The Morgan fingerprint density at radius 2 is 1.74 bits per heavy atom. The summed E-state index contributed by atoms with van der Waals surface area (Å²) in [7, 11) is 0. The van der Waals surface area contributed by atoms with Crippen LogP contribution >= 0.6 is 0 Å². The summed E-state index contributed by atoms with van der Waals surface area (Å²) in [5, 5.41) is 7.20. The standard InChI is InChI=1S/C27H24FN3O4/c1-2-35-27(33)24-16-25(31(30-24)23-13-11-21(28)12-14-23)20-9-6-10-22(15-20)29-26(32)18-34-17-19-7-4-3-5-8-19/h3-16H,2,17-18H2,1H3,(H,29,32). The average Bonchev–Trinajstić information content (AvgIpc) is 3.31. The van der Waals surface area contributed by atoms with Gasteiger partial charge in [0.2, 0.25) is 5.91 Å². The van der Waals surface area contributed by atoms with Gasteiger partial charge in [0.15, 0.2) is 5.69 Å². The van der Waals surface area contributed by atoms with Crippen LogP contribution < -0.4 is 5.32 Å². The molecule has 0 bridgehead atoms. The molecule has 3 aromatic carbocycles. The van der Waals surface area contributed by atoms with Gasteiger partial charge in [-0.3, -0.25) is 4.79 Å². The number of aromatic nitrogens is 2. The Labute approximate surface area is 202 Å². The van der Waals surface area contributed by atoms with Crippen molar-refractivity contribution in [1.82, 2.24) is 9.78 Å². The molecular weight excluding hydrogens is 449 g/mol. The molecule has 0 atom stereocenters. The van der Waals surface area contributed by atoms with Gasteiger partial charge in [-0.05, 0) is 55.0 Å². The highest BCUT2D eigenvalue weighted by Crippen LogP contribution is 2.27. The lowest BCUT2D eigenvalue weighted by Crippen LogP contribution is -2.18. The molecule has 0 saturated heterocycles. The van der Waals surface area contributed by atoms with E-state index in [9.17, 15) is 14.0 Å². The van der Waals surface area contributed by atoms with E-state index in [1.165, 1.54) is 16.8 Å². The monoisotopic (exact) mass is 473 g/mol. The van der Waals surface area contributed by atoms with Gasteiger partial charge in [-0.15, -0.1) is 0 Å². The minimum absolute atomic E-state index is 0.0976. The second-order valence-corrected chi connectivity index (χ2v) is 7.63. The number of anilines is 1. The van der Waals surface area contributed by atoms with Gasteiger partial charge >= 0.3 is 5.97 Å². The first kappa shape index (κ1) is 23.8. The van der Waals surface area contributed by atoms with E-state index < -0.39 is 5.97 Å². The molecular formula is C27H24FN3O4. The second kappa shape index (κ2) is 11.2. The van der Waals surface area contributed by atoms with Crippen LogP contribution in [0.2, 0.25) is 0 Å². The summed E-state index contributed by atoms with van der Waals surface area (Å²) >= 11 is 0. The second-order valence-electron chi connectivity index (χ2n) is 7.63. The number of halogens is 1. The molecule has 1 aromatic heterocycles. The summed E-state index contributed by atoms with van der Waals surface area (Å²) in [6.45, 7) is 2.17. The average molecular weight is 474 g/mol. The van der Waals surface area contributed by atoms with Gasteiger partial charge in [-0.2, -0.15) is 5.10 Å². The van der Waals surface area contributed by atoms with Crippen molar-refractivity contribution in [3.8, 4) is 16.9 Å². The predicted octanol–water partition coefficient (Wildman–Crippen LogP) is 5.01. The number of hydrogen-bond donors (Lipinski definition) is 1. The molecule has 35 heavy (non-hydrogen) atoms. The minimum atomic E-state index is -0.561. The van der Waals surface area contributed by atoms with E-state index in [-0.39, 0.29) is 30.6 Å². The lowest BCUT2D eigenvalue weighted by atomic mass is 10.1. The van der Waals surface area contributed by atoms with Crippen molar-refractivity contribution in [1.29, 1.82) is 0 Å². The zero-order valence-electron chi connectivity index (χ0n) is 19.1. The van der Waals surface area contributed by atoms with Gasteiger partial charge in [0.05, 0.1) is 24.6 Å². The van der Waals surface area contributed by atoms with Gasteiger partial charge in [0.25, 0.3) is 0 Å². The largest absolute Gasteiger partial charge is 0.461 e. The molecule has 178 valence electrons. The third-order valence-corrected chi connectivity index (χ3v) is 5.05. The highest BCUT2D eigenvalue weighted by Gasteiger charge is 2.18. The number of nitrogens with zero attached hydrogens (tertiary/aromatic N) is 2. The SMILES string of the molecule is CCOC(=O)c1cc(-c2cccc(NC(=O)COCc3ccccc3)c2)n(-c2ccc(F)cc2)n1. The number of esters is 1. The van der Waals surface area contributed by atoms with Crippen molar-refractivity contribution in [3.05, 3.63) is 102 Å². The zero-order valence-corrected chi connectivity index (χ0v) is 19.1. The topological polar surface area (TPSA) is 82.5 Å². The Morgan fingerprint density at radius 1 is 0.971 bits per heavy atom. The quantitative estimate of drug-likeness (QED) is 0.346. The van der Waals surface area contributed by atoms with Gasteiger partial charge in [0, 0.05) is 11.3 Å². The fraction of sp³-hybridized carbons (Fsp3) is 0.148. The van der Waals surface area contributed by atoms with Crippen molar-refractivity contribution in [2.45, 2.75) is 13.5 Å². The van der Waals surface area contributed by atoms with Crippen LogP contribution in [0.3, 0.4) is 0 Å². The van der Waals surface area contributed by atoms with Gasteiger partial charge in [0.1, 0.15) is 12.4 Å². The molecule has 0 radical (unpaired) electrons. The number of carbonyl (C=O) groups excluding carboxylic acids is 2. The molecule has 0 aliphatic rings. The molecule has 0 saturated carbocycles. The maximum Gasteiger partial charge on any atom is 0.358 e. The van der Waals surface area contributed by atoms with Crippen LogP contribution in [0.1, 0.15) is 23.0 Å². The third kappa shape index (κ3) is 6.18. The fourth-order valence-electron chi connectivity index (χ4n) is 3.46. The molecule has 1 heterocycles. The number of rotatable bonds is 9. The molecule has 0 aliphatic carbocycles. The Balaban J connectivity index is 1.53.